The van der Waals surface area contributed by atoms with Crippen LogP contribution in [0, 0.1) is 5.82 Å². The average molecular weight is 435 g/mol. The minimum Gasteiger partial charge on any atom is -0.379 e. The average Bonchev–Trinajstić information content (AvgIpc) is 2.77. The highest BCUT2D eigenvalue weighted by molar-refractivity contribution is 7.89. The first kappa shape index (κ1) is 21.9. The van der Waals surface area contributed by atoms with Crippen LogP contribution in [0.25, 0.3) is 0 Å². The van der Waals surface area contributed by atoms with Crippen molar-refractivity contribution in [1.82, 2.24) is 15.2 Å². The molecule has 0 unspecified atom stereocenters. The molecule has 2 aromatic rings. The summed E-state index contributed by atoms with van der Waals surface area (Å²) in [5.41, 5.74) is 4.99. The molecule has 10 heteroatoms. The van der Waals surface area contributed by atoms with E-state index >= 15 is 0 Å². The summed E-state index contributed by atoms with van der Waals surface area (Å²) < 4.78 is 45.5. The molecule has 2 amide bonds. The Kier molecular flexibility index (Phi) is 7.14. The standard InChI is InChI=1S/C20H22FN3O5S/c21-18-7-2-1-4-15(18)8-9-19(25)22-23-20(26)16-5-3-6-17(14-16)30(27,28)24-10-12-29-13-11-24/h1-7,14H,8-13H2,(H,22,25)(H,23,26). The van der Waals surface area contributed by atoms with Crippen molar-refractivity contribution < 1.29 is 27.1 Å². The molecule has 2 aromatic carbocycles. The predicted octanol–water partition coefficient (Wildman–Crippen LogP) is 1.24. The molecule has 0 aromatic heterocycles. The van der Waals surface area contributed by atoms with Gasteiger partial charge in [0.05, 0.1) is 18.1 Å². The fourth-order valence-corrected chi connectivity index (χ4v) is 4.40. The number of hydrogen-bond acceptors (Lipinski definition) is 5. The monoisotopic (exact) mass is 435 g/mol. The number of ether oxygens (including phenoxy) is 1. The molecule has 1 aliphatic rings. The third-order valence-electron chi connectivity index (χ3n) is 4.60. The normalized spacial score (nSPS) is 14.8. The number of nitrogens with zero attached hydrogens (tertiary/aromatic N) is 1. The number of sulfonamides is 1. The summed E-state index contributed by atoms with van der Waals surface area (Å²) in [6.45, 7) is 1.13. The van der Waals surface area contributed by atoms with E-state index in [4.69, 9.17) is 4.74 Å². The molecule has 1 saturated heterocycles. The van der Waals surface area contributed by atoms with Crippen LogP contribution in [0.15, 0.2) is 53.4 Å². The van der Waals surface area contributed by atoms with Crippen molar-refractivity contribution in [2.45, 2.75) is 17.7 Å². The van der Waals surface area contributed by atoms with E-state index in [1.54, 1.807) is 18.2 Å². The molecule has 2 N–H and O–H groups in total. The van der Waals surface area contributed by atoms with Crippen molar-refractivity contribution in [3.63, 3.8) is 0 Å². The minimum absolute atomic E-state index is 0.0112. The van der Waals surface area contributed by atoms with Crippen molar-refractivity contribution in [3.8, 4) is 0 Å². The second-order valence-corrected chi connectivity index (χ2v) is 8.58. The highest BCUT2D eigenvalue weighted by Gasteiger charge is 2.26. The smallest absolute Gasteiger partial charge is 0.269 e. The summed E-state index contributed by atoms with van der Waals surface area (Å²) in [7, 11) is -3.74. The van der Waals surface area contributed by atoms with E-state index in [1.807, 2.05) is 0 Å². The fraction of sp³-hybridized carbons (Fsp3) is 0.300. The number of halogens is 1. The van der Waals surface area contributed by atoms with Gasteiger partial charge in [0.15, 0.2) is 0 Å². The van der Waals surface area contributed by atoms with Crippen LogP contribution in [-0.4, -0.2) is 50.8 Å². The van der Waals surface area contributed by atoms with Gasteiger partial charge < -0.3 is 4.74 Å². The Morgan fingerprint density at radius 3 is 2.50 bits per heavy atom. The molecule has 0 radical (unpaired) electrons. The molecule has 1 aliphatic heterocycles. The molecule has 0 atom stereocenters. The number of aryl methyl sites for hydroxylation is 1. The van der Waals surface area contributed by atoms with Crippen molar-refractivity contribution in [2.75, 3.05) is 26.3 Å². The van der Waals surface area contributed by atoms with Crippen LogP contribution in [0.3, 0.4) is 0 Å². The van der Waals surface area contributed by atoms with Gasteiger partial charge in [0, 0.05) is 25.1 Å². The highest BCUT2D eigenvalue weighted by atomic mass is 32.2. The Morgan fingerprint density at radius 2 is 1.77 bits per heavy atom. The Bertz CT molecular complexity index is 1020. The topological polar surface area (TPSA) is 105 Å². The Labute approximate surface area is 174 Å². The molecular weight excluding hydrogens is 413 g/mol. The Morgan fingerprint density at radius 1 is 1.03 bits per heavy atom. The van der Waals surface area contributed by atoms with Gasteiger partial charge in [0.25, 0.3) is 5.91 Å². The first-order valence-electron chi connectivity index (χ1n) is 9.38. The zero-order valence-electron chi connectivity index (χ0n) is 16.1. The number of hydrazine groups is 1. The molecule has 1 fully saturated rings. The third-order valence-corrected chi connectivity index (χ3v) is 6.49. The molecule has 8 nitrogen and oxygen atoms in total. The van der Waals surface area contributed by atoms with E-state index in [-0.39, 0.29) is 36.4 Å². The summed E-state index contributed by atoms with van der Waals surface area (Å²) in [6, 6.07) is 11.7. The lowest BCUT2D eigenvalue weighted by Gasteiger charge is -2.26. The number of amides is 2. The van der Waals surface area contributed by atoms with Gasteiger partial charge in [0.1, 0.15) is 5.82 Å². The first-order chi connectivity index (χ1) is 14.4. The highest BCUT2D eigenvalue weighted by Crippen LogP contribution is 2.18. The third kappa shape index (κ3) is 5.41. The number of rotatable bonds is 6. The first-order valence-corrected chi connectivity index (χ1v) is 10.8. The van der Waals surface area contributed by atoms with E-state index < -0.39 is 27.7 Å². The van der Waals surface area contributed by atoms with Crippen LogP contribution >= 0.6 is 0 Å². The van der Waals surface area contributed by atoms with Gasteiger partial charge in [0.2, 0.25) is 15.9 Å². The van der Waals surface area contributed by atoms with Crippen molar-refractivity contribution >= 4 is 21.8 Å². The van der Waals surface area contributed by atoms with Gasteiger partial charge in [-0.3, -0.25) is 20.4 Å². The van der Waals surface area contributed by atoms with Crippen LogP contribution in [0.1, 0.15) is 22.3 Å². The van der Waals surface area contributed by atoms with Crippen LogP contribution < -0.4 is 10.9 Å². The number of nitrogens with one attached hydrogen (secondary N) is 2. The molecular formula is C20H22FN3O5S. The molecule has 160 valence electrons. The van der Waals surface area contributed by atoms with Gasteiger partial charge in [-0.05, 0) is 36.2 Å². The van der Waals surface area contributed by atoms with Crippen molar-refractivity contribution in [1.29, 1.82) is 0 Å². The summed E-state index contributed by atoms with van der Waals surface area (Å²) >= 11 is 0. The quantitative estimate of drug-likeness (QED) is 0.665. The van der Waals surface area contributed by atoms with E-state index in [0.29, 0.717) is 18.8 Å². The molecule has 0 spiro atoms. The fourth-order valence-electron chi connectivity index (χ4n) is 2.94. The molecule has 0 bridgehead atoms. The minimum atomic E-state index is -3.74. The molecule has 3 rings (SSSR count). The van der Waals surface area contributed by atoms with Gasteiger partial charge in [-0.2, -0.15) is 4.31 Å². The van der Waals surface area contributed by atoms with Gasteiger partial charge in [-0.1, -0.05) is 24.3 Å². The lowest BCUT2D eigenvalue weighted by molar-refractivity contribution is -0.121. The van der Waals surface area contributed by atoms with Crippen molar-refractivity contribution in [3.05, 3.63) is 65.5 Å². The zero-order chi connectivity index (χ0) is 21.6. The maximum Gasteiger partial charge on any atom is 0.269 e. The van der Waals surface area contributed by atoms with E-state index in [0.717, 1.165) is 0 Å². The number of carbonyl (C=O) groups is 2. The summed E-state index contributed by atoms with van der Waals surface area (Å²) in [6.07, 6.45) is 0.161. The second-order valence-electron chi connectivity index (χ2n) is 6.64. The summed E-state index contributed by atoms with van der Waals surface area (Å²) in [4.78, 5) is 24.2. The molecule has 1 heterocycles. The van der Waals surface area contributed by atoms with Crippen molar-refractivity contribution in [2.24, 2.45) is 0 Å². The molecule has 0 saturated carbocycles. The van der Waals surface area contributed by atoms with Crippen LogP contribution in [0.4, 0.5) is 4.39 Å². The number of benzene rings is 2. The number of hydrogen-bond donors (Lipinski definition) is 2. The Hall–Kier alpha value is -2.82. The van der Waals surface area contributed by atoms with E-state index in [1.165, 1.54) is 34.6 Å². The summed E-state index contributed by atoms with van der Waals surface area (Å²) in [5.74, 6) is -1.55. The summed E-state index contributed by atoms with van der Waals surface area (Å²) in [5, 5.41) is 0. The van der Waals surface area contributed by atoms with E-state index in [9.17, 15) is 22.4 Å². The molecule has 30 heavy (non-hydrogen) atoms. The maximum absolute atomic E-state index is 13.6. The Balaban J connectivity index is 1.57. The van der Waals surface area contributed by atoms with Crippen LogP contribution in [0.5, 0.6) is 0 Å². The predicted molar refractivity (Wildman–Crippen MR) is 106 cm³/mol. The second kappa shape index (κ2) is 9.79. The number of carbonyl (C=O) groups excluding carboxylic acids is 2. The van der Waals surface area contributed by atoms with Crippen LogP contribution in [0.2, 0.25) is 0 Å². The maximum atomic E-state index is 13.6. The zero-order valence-corrected chi connectivity index (χ0v) is 17.0. The van der Waals surface area contributed by atoms with E-state index in [2.05, 4.69) is 10.9 Å². The lowest BCUT2D eigenvalue weighted by Crippen LogP contribution is -2.42. The van der Waals surface area contributed by atoms with Gasteiger partial charge >= 0.3 is 0 Å². The lowest BCUT2D eigenvalue weighted by atomic mass is 10.1. The SMILES string of the molecule is O=C(CCc1ccccc1F)NNC(=O)c1cccc(S(=O)(=O)N2CCOCC2)c1. The van der Waals surface area contributed by atoms with Crippen LogP contribution in [-0.2, 0) is 26.0 Å². The molecule has 0 aliphatic carbocycles. The largest absolute Gasteiger partial charge is 0.379 e. The van der Waals surface area contributed by atoms with Gasteiger partial charge in [-0.25, -0.2) is 12.8 Å². The number of morpholine rings is 1. The van der Waals surface area contributed by atoms with Gasteiger partial charge in [-0.15, -0.1) is 0 Å².